The minimum absolute atomic E-state index is 0.0164. The number of carbonyl (C=O) groups is 3. The third-order valence-corrected chi connectivity index (χ3v) is 16.8. The standard InChI is InChI=1S/C56H69BrFN11O9S/c1-34-46(79-33-60-34)35-9-10-36(31-59-49(71)42-30-38(70)32-69(42)51(73)47(55(2,3)4)62-52(74)56(58)15-16-56)44(29-35)77-28-27-76-26-25-75-24-23-66-19-21-67(22-20-66)53-61-41-14-18-68(17-13-39(41)48(63-53)65(5)37-11-12-37)54-64-50(72)45-40(57)7-6-8-43(45)78-54/h6-10,13-14,29,33,37-38,42,47,70H,11-12,15-28,30-32H2,1-5H3,(H,59,71)(H,62,74)/t38-,42+,47-/m1/s1. The van der Waals surface area contributed by atoms with E-state index in [0.717, 1.165) is 78.1 Å². The minimum atomic E-state index is -1.98. The number of aliphatic hydroxyl groups excluding tert-OH is 1. The number of carbonyl (C=O) groups excluding carboxylic acids is 3. The summed E-state index contributed by atoms with van der Waals surface area (Å²) in [5, 5.41) is 18.5. The van der Waals surface area contributed by atoms with E-state index in [1.54, 1.807) is 38.4 Å². The number of hydrogen-bond acceptors (Lipinski definition) is 18. The molecule has 3 atom stereocenters. The Morgan fingerprint density at radius 2 is 1.73 bits per heavy atom. The van der Waals surface area contributed by atoms with Gasteiger partial charge in [0.15, 0.2) is 5.67 Å². The molecule has 5 aromatic rings. The summed E-state index contributed by atoms with van der Waals surface area (Å²) in [6.07, 6.45) is 5.69. The molecule has 0 spiro atoms. The van der Waals surface area contributed by atoms with Crippen molar-refractivity contribution in [1.82, 2.24) is 40.4 Å². The average molecular weight is 1170 g/mol. The molecule has 10 rings (SSSR count). The molecule has 20 nitrogen and oxygen atoms in total. The molecule has 4 fully saturated rings. The lowest BCUT2D eigenvalue weighted by molar-refractivity contribution is -0.145. The van der Waals surface area contributed by atoms with Crippen molar-refractivity contribution in [1.29, 1.82) is 0 Å². The van der Waals surface area contributed by atoms with Crippen molar-refractivity contribution in [3.05, 3.63) is 78.6 Å². The molecule has 2 aromatic carbocycles. The summed E-state index contributed by atoms with van der Waals surface area (Å²) >= 11 is 4.97. The summed E-state index contributed by atoms with van der Waals surface area (Å²) in [7, 11) is 2.11. The van der Waals surface area contributed by atoms with Crippen LogP contribution >= 0.6 is 27.3 Å². The Labute approximate surface area is 470 Å². The van der Waals surface area contributed by atoms with E-state index in [1.807, 2.05) is 36.1 Å². The maximum absolute atomic E-state index is 14.7. The number of thiazole rings is 1. The first-order valence-corrected chi connectivity index (χ1v) is 28.8. The van der Waals surface area contributed by atoms with Crippen molar-refractivity contribution in [3.63, 3.8) is 0 Å². The zero-order valence-corrected chi connectivity index (χ0v) is 47.7. The van der Waals surface area contributed by atoms with Crippen LogP contribution in [0.5, 0.6) is 5.75 Å². The molecular weight excluding hydrogens is 1100 g/mol. The Morgan fingerprint density at radius 3 is 2.46 bits per heavy atom. The molecule has 2 saturated carbocycles. The van der Waals surface area contributed by atoms with Crippen LogP contribution in [-0.2, 0) is 30.4 Å². The Balaban J connectivity index is 0.683. The second-order valence-electron chi connectivity index (χ2n) is 22.1. The highest BCUT2D eigenvalue weighted by atomic mass is 79.9. The number of amides is 3. The highest BCUT2D eigenvalue weighted by molar-refractivity contribution is 9.10. The highest BCUT2D eigenvalue weighted by Crippen LogP contribution is 2.41. The zero-order chi connectivity index (χ0) is 55.6. The average Bonchev–Trinajstić information content (AvgIpc) is 4.49. The van der Waals surface area contributed by atoms with Crippen molar-refractivity contribution >= 4 is 85.9 Å². The predicted octanol–water partition coefficient (Wildman–Crippen LogP) is 3.70. The number of aliphatic hydroxyl groups is 1. The number of rotatable bonds is 21. The molecule has 3 N–H and O–H groups in total. The van der Waals surface area contributed by atoms with Gasteiger partial charge in [0.25, 0.3) is 11.5 Å². The van der Waals surface area contributed by atoms with Crippen LogP contribution in [0.3, 0.4) is 0 Å². The summed E-state index contributed by atoms with van der Waals surface area (Å²) in [6.45, 7) is 14.0. The van der Waals surface area contributed by atoms with E-state index in [2.05, 4.69) is 70.4 Å². The molecular formula is C56H69BrFN11O9S. The number of aryl methyl sites for hydroxylation is 1. The number of hydrogen-bond donors (Lipinski definition) is 3. The van der Waals surface area contributed by atoms with Crippen LogP contribution in [0.2, 0.25) is 0 Å². The summed E-state index contributed by atoms with van der Waals surface area (Å²) in [5.41, 5.74) is 1.63. The van der Waals surface area contributed by atoms with Crippen molar-refractivity contribution in [2.75, 3.05) is 107 Å². The number of likely N-dealkylation sites (tertiary alicyclic amines) is 1. The van der Waals surface area contributed by atoms with Crippen LogP contribution in [0.1, 0.15) is 64.1 Å². The first-order chi connectivity index (χ1) is 37.9. The number of β-amino-alcohol motifs (C(OH)–C–C–N with tert-alkyl or cyclic N) is 1. The maximum Gasteiger partial charge on any atom is 0.301 e. The van der Waals surface area contributed by atoms with Gasteiger partial charge in [-0.15, -0.1) is 11.3 Å². The van der Waals surface area contributed by atoms with Crippen LogP contribution in [0.25, 0.3) is 33.6 Å². The van der Waals surface area contributed by atoms with Crippen molar-refractivity contribution in [3.8, 4) is 16.2 Å². The number of aromatic nitrogens is 4. The molecule has 0 radical (unpaired) electrons. The Morgan fingerprint density at radius 1 is 0.987 bits per heavy atom. The van der Waals surface area contributed by atoms with Crippen LogP contribution in [-0.4, -0.2) is 175 Å². The number of piperazine rings is 1. The van der Waals surface area contributed by atoms with E-state index >= 15 is 0 Å². The normalized spacial score (nSPS) is 19.5. The second kappa shape index (κ2) is 23.9. The van der Waals surface area contributed by atoms with E-state index in [4.69, 9.17) is 28.6 Å². The summed E-state index contributed by atoms with van der Waals surface area (Å²) in [4.78, 5) is 83.7. The van der Waals surface area contributed by atoms with E-state index in [0.29, 0.717) is 78.3 Å². The molecule has 6 heterocycles. The Kier molecular flexibility index (Phi) is 17.0. The molecule has 422 valence electrons. The Hall–Kier alpha value is -6.11. The molecule has 2 saturated heterocycles. The van der Waals surface area contributed by atoms with Crippen LogP contribution in [0.15, 0.2) is 55.6 Å². The third kappa shape index (κ3) is 13.1. The van der Waals surface area contributed by atoms with Crippen molar-refractivity contribution < 1.29 is 42.5 Å². The third-order valence-electron chi connectivity index (χ3n) is 15.2. The van der Waals surface area contributed by atoms with Gasteiger partial charge in [-0.3, -0.25) is 24.1 Å². The number of alkyl halides is 1. The molecule has 2 aliphatic carbocycles. The first-order valence-electron chi connectivity index (χ1n) is 27.1. The SMILES string of the molecule is Cc1ncsc1-c1ccc(CNC(=O)[C@@H]2C[C@@H](O)CN2C(=O)[C@@H](NC(=O)C2(F)CC2)C(C)(C)C)c(OCCOCCOCCN2CCN(c3nc(N(C)C4CC4)c4c(n3)=CCN(c3nc(=O)c5c(Br)cccc5o3)CC=4)CC2)c1. The topological polar surface area (TPSA) is 221 Å². The van der Waals surface area contributed by atoms with E-state index in [-0.39, 0.29) is 50.5 Å². The second-order valence-corrected chi connectivity index (χ2v) is 23.8. The first kappa shape index (κ1) is 56.2. The summed E-state index contributed by atoms with van der Waals surface area (Å²) in [6, 6.07) is 9.75. The van der Waals surface area contributed by atoms with Crippen molar-refractivity contribution in [2.45, 2.75) is 96.2 Å². The van der Waals surface area contributed by atoms with Gasteiger partial charge in [0.1, 0.15) is 35.8 Å². The lowest BCUT2D eigenvalue weighted by Gasteiger charge is -2.35. The molecule has 23 heteroatoms. The maximum atomic E-state index is 14.7. The molecule has 0 unspecified atom stereocenters. The predicted molar refractivity (Wildman–Crippen MR) is 302 cm³/mol. The summed E-state index contributed by atoms with van der Waals surface area (Å²) < 4.78 is 39.7. The number of halogens is 2. The van der Waals surface area contributed by atoms with Gasteiger partial charge in [-0.1, -0.05) is 45.0 Å². The van der Waals surface area contributed by atoms with Crippen molar-refractivity contribution in [2.24, 2.45) is 5.41 Å². The van der Waals surface area contributed by atoms with E-state index in [1.165, 1.54) is 16.2 Å². The van der Waals surface area contributed by atoms with Gasteiger partial charge < -0.3 is 54.0 Å². The lowest BCUT2D eigenvalue weighted by Crippen LogP contribution is -2.59. The summed E-state index contributed by atoms with van der Waals surface area (Å²) in [5.74, 6) is 0.302. The molecule has 5 aliphatic rings. The number of anilines is 3. The van der Waals surface area contributed by atoms with Crippen LogP contribution < -0.4 is 46.2 Å². The van der Waals surface area contributed by atoms with Gasteiger partial charge in [0.2, 0.25) is 17.8 Å². The highest BCUT2D eigenvalue weighted by Gasteiger charge is 2.53. The minimum Gasteiger partial charge on any atom is -0.491 e. The number of nitrogens with zero attached hydrogens (tertiary/aromatic N) is 9. The molecule has 79 heavy (non-hydrogen) atoms. The molecule has 3 amide bonds. The fourth-order valence-corrected chi connectivity index (χ4v) is 11.5. The van der Waals surface area contributed by atoms with Gasteiger partial charge in [0, 0.05) is 93.7 Å². The molecule has 0 bridgehead atoms. The molecule has 3 aromatic heterocycles. The fourth-order valence-electron chi connectivity index (χ4n) is 10.2. The molecule has 3 aliphatic heterocycles. The largest absolute Gasteiger partial charge is 0.491 e. The van der Waals surface area contributed by atoms with Gasteiger partial charge in [-0.05, 0) is 83.8 Å². The number of ether oxygens (including phenoxy) is 3. The number of benzene rings is 2. The smallest absolute Gasteiger partial charge is 0.301 e. The van der Waals surface area contributed by atoms with E-state index < -0.39 is 47.0 Å². The van der Waals surface area contributed by atoms with Gasteiger partial charge >= 0.3 is 6.01 Å². The van der Waals surface area contributed by atoms with Gasteiger partial charge in [-0.25, -0.2) is 14.4 Å². The number of nitrogens with one attached hydrogen (secondary N) is 2. The quantitative estimate of drug-likeness (QED) is 0.0892. The van der Waals surface area contributed by atoms with Gasteiger partial charge in [-0.2, -0.15) is 9.97 Å². The monoisotopic (exact) mass is 1170 g/mol. The number of fused-ring (bicyclic) bond motifs is 2. The fraction of sp³-hybridized carbons (Fsp3) is 0.536. The van der Waals surface area contributed by atoms with Crippen LogP contribution in [0, 0.1) is 12.3 Å². The van der Waals surface area contributed by atoms with Gasteiger partial charge in [0.05, 0.1) is 59.3 Å². The van der Waals surface area contributed by atoms with Crippen LogP contribution in [0.4, 0.5) is 22.2 Å². The lowest BCUT2D eigenvalue weighted by atomic mass is 9.85. The zero-order valence-electron chi connectivity index (χ0n) is 45.3. The Bertz CT molecular complexity index is 3250. The van der Waals surface area contributed by atoms with E-state index in [9.17, 15) is 28.7 Å².